The van der Waals surface area contributed by atoms with Gasteiger partial charge in [0, 0.05) is 36.8 Å². The number of ether oxygens (including phenoxy) is 1. The lowest BCUT2D eigenvalue weighted by molar-refractivity contribution is -0.154. The molecule has 0 spiro atoms. The quantitative estimate of drug-likeness (QED) is 0.572. The number of anilines is 1. The van der Waals surface area contributed by atoms with Crippen LogP contribution in [0, 0.1) is 0 Å². The summed E-state index contributed by atoms with van der Waals surface area (Å²) in [4.78, 5) is 17.0. The summed E-state index contributed by atoms with van der Waals surface area (Å²) in [5.41, 5.74) is 0.659. The van der Waals surface area contributed by atoms with Gasteiger partial charge in [-0.2, -0.15) is 13.2 Å². The van der Waals surface area contributed by atoms with E-state index in [-0.39, 0.29) is 19.0 Å². The largest absolute Gasteiger partial charge is 0.468 e. The van der Waals surface area contributed by atoms with Crippen molar-refractivity contribution in [2.75, 3.05) is 31.6 Å². The van der Waals surface area contributed by atoms with Crippen LogP contribution in [0.4, 0.5) is 23.4 Å². The van der Waals surface area contributed by atoms with E-state index < -0.39 is 18.5 Å². The molecule has 0 amide bonds. The Labute approximate surface area is 175 Å². The van der Waals surface area contributed by atoms with Crippen molar-refractivity contribution in [3.63, 3.8) is 0 Å². The number of nitrogens with one attached hydrogen (secondary N) is 2. The third-order valence-corrected chi connectivity index (χ3v) is 4.87. The predicted molar refractivity (Wildman–Crippen MR) is 107 cm³/mol. The van der Waals surface area contributed by atoms with E-state index >= 15 is 0 Å². The van der Waals surface area contributed by atoms with Gasteiger partial charge in [0.05, 0.1) is 17.8 Å². The number of aromatic nitrogens is 4. The number of fused-ring (bicyclic) bond motifs is 1. The second-order valence-corrected chi connectivity index (χ2v) is 7.35. The van der Waals surface area contributed by atoms with Crippen LogP contribution in [-0.2, 0) is 0 Å². The smallest absolute Gasteiger partial charge is 0.422 e. The third kappa shape index (κ3) is 5.35. The topological polar surface area (TPSA) is 84.9 Å². The molecule has 0 bridgehead atoms. The zero-order valence-electron chi connectivity index (χ0n) is 16.4. The highest BCUT2D eigenvalue weighted by atomic mass is 19.4. The fraction of sp³-hybridized carbons (Fsp3) is 0.400. The summed E-state index contributed by atoms with van der Waals surface area (Å²) in [5, 5.41) is 6.11. The van der Waals surface area contributed by atoms with E-state index in [1.165, 1.54) is 24.7 Å². The lowest BCUT2D eigenvalue weighted by atomic mass is 9.96. The van der Waals surface area contributed by atoms with E-state index in [0.29, 0.717) is 34.5 Å². The number of piperidine rings is 1. The average molecular weight is 436 g/mol. The van der Waals surface area contributed by atoms with Crippen molar-refractivity contribution in [3.8, 4) is 17.1 Å². The van der Waals surface area contributed by atoms with Crippen LogP contribution in [0.5, 0.6) is 5.88 Å². The van der Waals surface area contributed by atoms with Gasteiger partial charge in [0.15, 0.2) is 12.4 Å². The van der Waals surface area contributed by atoms with Crippen molar-refractivity contribution >= 4 is 16.9 Å². The molecule has 11 heteroatoms. The molecular weight excluding hydrogens is 416 g/mol. The second kappa shape index (κ2) is 8.58. The molecule has 7 nitrogen and oxygen atoms in total. The first-order valence-electron chi connectivity index (χ1n) is 9.73. The third-order valence-electron chi connectivity index (χ3n) is 4.87. The number of pyridine rings is 2. The van der Waals surface area contributed by atoms with Crippen LogP contribution in [0.3, 0.4) is 0 Å². The first kappa shape index (κ1) is 21.2. The Morgan fingerprint density at radius 1 is 1.16 bits per heavy atom. The summed E-state index contributed by atoms with van der Waals surface area (Å²) in [6.07, 6.45) is 1.17. The van der Waals surface area contributed by atoms with E-state index in [2.05, 4.69) is 35.3 Å². The summed E-state index contributed by atoms with van der Waals surface area (Å²) in [6.45, 7) is -0.308. The molecule has 3 aromatic heterocycles. The number of nitrogens with zero attached hydrogens (tertiary/aromatic N) is 4. The normalized spacial score (nSPS) is 19.4. The molecule has 31 heavy (non-hydrogen) atoms. The molecule has 3 aromatic rings. The molecule has 1 saturated heterocycles. The lowest BCUT2D eigenvalue weighted by Crippen LogP contribution is -2.46. The number of halogens is 4. The van der Waals surface area contributed by atoms with E-state index in [0.717, 1.165) is 13.0 Å². The number of hydrogen-bond donors (Lipinski definition) is 2. The molecule has 4 rings (SSSR count). The van der Waals surface area contributed by atoms with Crippen LogP contribution in [-0.4, -0.2) is 58.0 Å². The summed E-state index contributed by atoms with van der Waals surface area (Å²) >= 11 is 0. The Bertz CT molecular complexity index is 1040. The Morgan fingerprint density at radius 2 is 2.00 bits per heavy atom. The SMILES string of the molecule is FC(F)(F)COc1ccc(-c2cc3nccnc3c(NCC3(F)CCCNC3)n2)cn1. The molecule has 1 fully saturated rings. The molecule has 1 atom stereocenters. The maximum atomic E-state index is 15.0. The number of alkyl halides is 4. The molecule has 0 aromatic carbocycles. The van der Waals surface area contributed by atoms with Gasteiger partial charge in [0.2, 0.25) is 5.88 Å². The van der Waals surface area contributed by atoms with Crippen LogP contribution < -0.4 is 15.4 Å². The highest BCUT2D eigenvalue weighted by molar-refractivity contribution is 5.88. The highest BCUT2D eigenvalue weighted by Gasteiger charge is 2.32. The fourth-order valence-corrected chi connectivity index (χ4v) is 3.34. The van der Waals surface area contributed by atoms with Crippen LogP contribution >= 0.6 is 0 Å². The van der Waals surface area contributed by atoms with E-state index in [1.54, 1.807) is 12.1 Å². The van der Waals surface area contributed by atoms with Gasteiger partial charge in [-0.3, -0.25) is 4.98 Å². The van der Waals surface area contributed by atoms with Crippen molar-refractivity contribution in [1.29, 1.82) is 0 Å². The second-order valence-electron chi connectivity index (χ2n) is 7.35. The standard InChI is InChI=1S/C20H20F4N6O/c21-19(4-1-5-25-10-19)11-29-18-17-15(26-6-7-27-17)8-14(30-18)13-2-3-16(28-9-13)31-12-20(22,23)24/h2-3,6-9,25H,1,4-5,10-12H2,(H,29,30). The van der Waals surface area contributed by atoms with Crippen LogP contribution in [0.2, 0.25) is 0 Å². The van der Waals surface area contributed by atoms with Crippen LogP contribution in [0.15, 0.2) is 36.8 Å². The lowest BCUT2D eigenvalue weighted by Gasteiger charge is -2.30. The van der Waals surface area contributed by atoms with Gasteiger partial charge in [-0.1, -0.05) is 0 Å². The number of hydrogen-bond acceptors (Lipinski definition) is 7. The maximum Gasteiger partial charge on any atom is 0.422 e. The van der Waals surface area contributed by atoms with Gasteiger partial charge in [-0.05, 0) is 31.5 Å². The minimum atomic E-state index is -4.44. The monoisotopic (exact) mass is 436 g/mol. The molecular formula is C20H20F4N6O. The summed E-state index contributed by atoms with van der Waals surface area (Å²) in [6, 6.07) is 4.57. The average Bonchev–Trinajstić information content (AvgIpc) is 2.76. The molecule has 1 aliphatic rings. The minimum Gasteiger partial charge on any atom is -0.468 e. The van der Waals surface area contributed by atoms with Gasteiger partial charge >= 0.3 is 6.18 Å². The van der Waals surface area contributed by atoms with Gasteiger partial charge in [-0.15, -0.1) is 0 Å². The summed E-state index contributed by atoms with van der Waals surface area (Å²) in [7, 11) is 0. The Hall–Kier alpha value is -3.08. The van der Waals surface area contributed by atoms with Crippen LogP contribution in [0.25, 0.3) is 22.3 Å². The highest BCUT2D eigenvalue weighted by Crippen LogP contribution is 2.28. The maximum absolute atomic E-state index is 15.0. The molecule has 0 radical (unpaired) electrons. The van der Waals surface area contributed by atoms with E-state index in [1.807, 2.05) is 0 Å². The van der Waals surface area contributed by atoms with Gasteiger partial charge in [0.1, 0.15) is 11.2 Å². The zero-order valence-corrected chi connectivity index (χ0v) is 16.4. The molecule has 2 N–H and O–H groups in total. The zero-order chi connectivity index (χ0) is 21.9. The Morgan fingerprint density at radius 3 is 2.71 bits per heavy atom. The summed E-state index contributed by atoms with van der Waals surface area (Å²) < 4.78 is 56.5. The molecule has 0 saturated carbocycles. The fourth-order valence-electron chi connectivity index (χ4n) is 3.34. The minimum absolute atomic E-state index is 0.0601. The first-order chi connectivity index (χ1) is 14.8. The summed E-state index contributed by atoms with van der Waals surface area (Å²) in [5.74, 6) is 0.227. The van der Waals surface area contributed by atoms with Crippen molar-refractivity contribution in [2.45, 2.75) is 24.7 Å². The predicted octanol–water partition coefficient (Wildman–Crippen LogP) is 3.53. The Balaban J connectivity index is 1.58. The molecule has 1 unspecified atom stereocenters. The van der Waals surface area contributed by atoms with Crippen molar-refractivity contribution < 1.29 is 22.3 Å². The van der Waals surface area contributed by atoms with Crippen molar-refractivity contribution in [3.05, 3.63) is 36.8 Å². The van der Waals surface area contributed by atoms with E-state index in [4.69, 9.17) is 0 Å². The first-order valence-corrected chi connectivity index (χ1v) is 9.73. The molecule has 1 aliphatic heterocycles. The van der Waals surface area contributed by atoms with Crippen LogP contribution in [0.1, 0.15) is 12.8 Å². The van der Waals surface area contributed by atoms with Gasteiger partial charge in [-0.25, -0.2) is 19.3 Å². The number of rotatable bonds is 6. The molecule has 164 valence electrons. The van der Waals surface area contributed by atoms with E-state index in [9.17, 15) is 17.6 Å². The van der Waals surface area contributed by atoms with Gasteiger partial charge < -0.3 is 15.4 Å². The Kier molecular flexibility index (Phi) is 5.86. The van der Waals surface area contributed by atoms with Crippen molar-refractivity contribution in [1.82, 2.24) is 25.3 Å². The van der Waals surface area contributed by atoms with Gasteiger partial charge in [0.25, 0.3) is 0 Å². The van der Waals surface area contributed by atoms with Crippen molar-refractivity contribution in [2.24, 2.45) is 0 Å². The molecule has 0 aliphatic carbocycles. The molecule has 4 heterocycles.